The lowest BCUT2D eigenvalue weighted by molar-refractivity contribution is 0.134. The van der Waals surface area contributed by atoms with E-state index in [1.54, 1.807) is 0 Å². The minimum absolute atomic E-state index is 0.199. The molecule has 3 nitrogen and oxygen atoms in total. The summed E-state index contributed by atoms with van der Waals surface area (Å²) in [5.74, 6) is 0.979. The summed E-state index contributed by atoms with van der Waals surface area (Å²) in [6.45, 7) is 9.51. The van der Waals surface area contributed by atoms with Crippen molar-refractivity contribution in [3.05, 3.63) is 29.8 Å². The maximum absolute atomic E-state index is 6.16. The van der Waals surface area contributed by atoms with Crippen LogP contribution in [-0.2, 0) is 5.41 Å². The van der Waals surface area contributed by atoms with Gasteiger partial charge in [0.25, 0.3) is 0 Å². The molecule has 1 fully saturated rings. The van der Waals surface area contributed by atoms with Gasteiger partial charge in [-0.2, -0.15) is 0 Å². The third-order valence-electron chi connectivity index (χ3n) is 6.47. The number of hydrogen-bond donors (Lipinski definition) is 1. The fraction of sp³-hybridized carbons (Fsp3) is 0.739. The van der Waals surface area contributed by atoms with Gasteiger partial charge in [0.15, 0.2) is 0 Å². The first-order valence-corrected chi connectivity index (χ1v) is 10.6. The van der Waals surface area contributed by atoms with Gasteiger partial charge >= 0.3 is 0 Å². The minimum atomic E-state index is 0.199. The maximum atomic E-state index is 6.16. The van der Waals surface area contributed by atoms with E-state index in [1.807, 2.05) is 0 Å². The number of nitrogens with zero attached hydrogens (tertiary/aromatic N) is 1. The zero-order valence-corrected chi connectivity index (χ0v) is 17.5. The molecule has 1 aliphatic carbocycles. The van der Waals surface area contributed by atoms with Crippen LogP contribution in [0.4, 0.5) is 0 Å². The van der Waals surface area contributed by atoms with Gasteiger partial charge in [-0.15, -0.1) is 0 Å². The highest BCUT2D eigenvalue weighted by Gasteiger charge is 2.32. The van der Waals surface area contributed by atoms with Crippen LogP contribution in [0.1, 0.15) is 77.7 Å². The number of hydrogen-bond acceptors (Lipinski definition) is 3. The summed E-state index contributed by atoms with van der Waals surface area (Å²) in [6, 6.07) is 8.74. The highest BCUT2D eigenvalue weighted by molar-refractivity contribution is 5.33. The lowest BCUT2D eigenvalue weighted by Crippen LogP contribution is -2.41. The Morgan fingerprint density at radius 3 is 2.35 bits per heavy atom. The molecule has 1 aliphatic rings. The second-order valence-electron chi connectivity index (χ2n) is 8.76. The molecular formula is C23H40N2O. The third-order valence-corrected chi connectivity index (χ3v) is 6.47. The van der Waals surface area contributed by atoms with Crippen LogP contribution >= 0.6 is 0 Å². The smallest absolute Gasteiger partial charge is 0.119 e. The summed E-state index contributed by atoms with van der Waals surface area (Å²) in [6.07, 6.45) is 9.92. The van der Waals surface area contributed by atoms with Crippen molar-refractivity contribution in [2.75, 3.05) is 26.7 Å². The molecule has 0 unspecified atom stereocenters. The Balaban J connectivity index is 1.80. The Kier molecular flexibility index (Phi) is 7.97. The molecule has 0 spiro atoms. The SMILES string of the molecule is CCCC(C)(C)N(C)CCCOc1ccc(C2(CN)CCCCC2)cc1. The van der Waals surface area contributed by atoms with E-state index >= 15 is 0 Å². The predicted molar refractivity (Wildman–Crippen MR) is 112 cm³/mol. The lowest BCUT2D eigenvalue weighted by Gasteiger charge is -2.37. The van der Waals surface area contributed by atoms with Gasteiger partial charge in [-0.1, -0.05) is 44.7 Å². The van der Waals surface area contributed by atoms with Crippen molar-refractivity contribution in [3.8, 4) is 5.75 Å². The van der Waals surface area contributed by atoms with Crippen molar-refractivity contribution in [2.45, 2.75) is 83.1 Å². The average molecular weight is 361 g/mol. The zero-order chi connectivity index (χ0) is 19.0. The van der Waals surface area contributed by atoms with Crippen LogP contribution < -0.4 is 10.5 Å². The normalized spacial score (nSPS) is 17.5. The van der Waals surface area contributed by atoms with Crippen molar-refractivity contribution in [3.63, 3.8) is 0 Å². The molecule has 0 aromatic heterocycles. The van der Waals surface area contributed by atoms with Gasteiger partial charge in [0.2, 0.25) is 0 Å². The second kappa shape index (κ2) is 9.75. The Bertz CT molecular complexity index is 518. The molecule has 0 saturated heterocycles. The summed E-state index contributed by atoms with van der Waals surface area (Å²) < 4.78 is 5.98. The largest absolute Gasteiger partial charge is 0.494 e. The number of rotatable bonds is 10. The summed E-state index contributed by atoms with van der Waals surface area (Å²) in [5.41, 5.74) is 8.02. The van der Waals surface area contributed by atoms with E-state index in [0.717, 1.165) is 31.9 Å². The van der Waals surface area contributed by atoms with E-state index in [9.17, 15) is 0 Å². The van der Waals surface area contributed by atoms with E-state index in [0.29, 0.717) is 0 Å². The molecule has 0 aliphatic heterocycles. The van der Waals surface area contributed by atoms with E-state index in [4.69, 9.17) is 10.5 Å². The Morgan fingerprint density at radius 1 is 1.12 bits per heavy atom. The topological polar surface area (TPSA) is 38.5 Å². The van der Waals surface area contributed by atoms with Crippen molar-refractivity contribution in [2.24, 2.45) is 5.73 Å². The summed E-state index contributed by atoms with van der Waals surface area (Å²) >= 11 is 0. The van der Waals surface area contributed by atoms with Crippen LogP contribution in [0.15, 0.2) is 24.3 Å². The van der Waals surface area contributed by atoms with Crippen molar-refractivity contribution in [1.29, 1.82) is 0 Å². The molecule has 1 aromatic carbocycles. The number of nitrogens with two attached hydrogens (primary N) is 1. The fourth-order valence-corrected chi connectivity index (χ4v) is 4.34. The van der Waals surface area contributed by atoms with Gasteiger partial charge in [-0.25, -0.2) is 0 Å². The Labute approximate surface area is 161 Å². The molecule has 0 bridgehead atoms. The molecule has 1 aromatic rings. The molecule has 1 saturated carbocycles. The molecule has 3 heteroatoms. The predicted octanol–water partition coefficient (Wildman–Crippen LogP) is 5.13. The molecule has 26 heavy (non-hydrogen) atoms. The van der Waals surface area contributed by atoms with Gasteiger partial charge in [0, 0.05) is 24.0 Å². The summed E-state index contributed by atoms with van der Waals surface area (Å²) in [5, 5.41) is 0. The van der Waals surface area contributed by atoms with Crippen LogP contribution in [0.25, 0.3) is 0 Å². The Morgan fingerprint density at radius 2 is 1.77 bits per heavy atom. The molecule has 0 amide bonds. The van der Waals surface area contributed by atoms with Crippen LogP contribution in [-0.4, -0.2) is 37.2 Å². The molecule has 148 valence electrons. The van der Waals surface area contributed by atoms with Crippen molar-refractivity contribution in [1.82, 2.24) is 4.90 Å². The quantitative estimate of drug-likeness (QED) is 0.588. The standard InChI is InChI=1S/C23H40N2O/c1-5-14-22(2,3)25(4)17-9-18-26-21-12-10-20(11-13-21)23(19-24)15-7-6-8-16-23/h10-13H,5-9,14-19,24H2,1-4H3. The minimum Gasteiger partial charge on any atom is -0.494 e. The van der Waals surface area contributed by atoms with Crippen LogP contribution in [0.2, 0.25) is 0 Å². The molecule has 0 radical (unpaired) electrons. The van der Waals surface area contributed by atoms with Gasteiger partial charge in [-0.05, 0) is 64.3 Å². The summed E-state index contributed by atoms with van der Waals surface area (Å²) in [7, 11) is 2.22. The first kappa shape index (κ1) is 21.2. The lowest BCUT2D eigenvalue weighted by atomic mass is 9.69. The van der Waals surface area contributed by atoms with Crippen molar-refractivity contribution < 1.29 is 4.74 Å². The fourth-order valence-electron chi connectivity index (χ4n) is 4.34. The molecule has 2 N–H and O–H groups in total. The third kappa shape index (κ3) is 5.47. The monoisotopic (exact) mass is 360 g/mol. The van der Waals surface area contributed by atoms with Crippen LogP contribution in [0, 0.1) is 0 Å². The highest BCUT2D eigenvalue weighted by atomic mass is 16.5. The van der Waals surface area contributed by atoms with Crippen molar-refractivity contribution >= 4 is 0 Å². The summed E-state index contributed by atoms with van der Waals surface area (Å²) in [4.78, 5) is 2.46. The van der Waals surface area contributed by atoms with Gasteiger partial charge in [-0.3, -0.25) is 0 Å². The van der Waals surface area contributed by atoms with Gasteiger partial charge in [0.05, 0.1) is 6.61 Å². The van der Waals surface area contributed by atoms with E-state index in [2.05, 4.69) is 57.0 Å². The van der Waals surface area contributed by atoms with E-state index < -0.39 is 0 Å². The average Bonchev–Trinajstić information content (AvgIpc) is 2.66. The van der Waals surface area contributed by atoms with Crippen LogP contribution in [0.3, 0.4) is 0 Å². The first-order valence-electron chi connectivity index (χ1n) is 10.6. The Hall–Kier alpha value is -1.06. The molecule has 0 atom stereocenters. The van der Waals surface area contributed by atoms with Crippen LogP contribution in [0.5, 0.6) is 5.75 Å². The number of benzene rings is 1. The molecule has 0 heterocycles. The zero-order valence-electron chi connectivity index (χ0n) is 17.5. The molecule has 2 rings (SSSR count). The second-order valence-corrected chi connectivity index (χ2v) is 8.76. The van der Waals surface area contributed by atoms with E-state index in [-0.39, 0.29) is 11.0 Å². The maximum Gasteiger partial charge on any atom is 0.119 e. The highest BCUT2D eigenvalue weighted by Crippen LogP contribution is 2.39. The van der Waals surface area contributed by atoms with E-state index in [1.165, 1.54) is 50.5 Å². The van der Waals surface area contributed by atoms with Gasteiger partial charge < -0.3 is 15.4 Å². The first-order chi connectivity index (χ1) is 12.4. The number of ether oxygens (including phenoxy) is 1. The molecular weight excluding hydrogens is 320 g/mol. The van der Waals surface area contributed by atoms with Gasteiger partial charge in [0.1, 0.15) is 5.75 Å².